The van der Waals surface area contributed by atoms with E-state index in [0.29, 0.717) is 18.9 Å². The highest BCUT2D eigenvalue weighted by Crippen LogP contribution is 2.26. The zero-order valence-corrected chi connectivity index (χ0v) is 17.1. The number of nitrogens with one attached hydrogen (secondary N) is 2. The molecule has 0 aliphatic carbocycles. The molecule has 1 aromatic rings. The summed E-state index contributed by atoms with van der Waals surface area (Å²) >= 11 is 0. The standard InChI is InChI=1S/C18H32N4O3S/c1-14(9-12-26(4,23)24)21-18(19-3)20-13-16(22-10-5-6-11-22)17-8-7-15(2)25-17/h7-8,14,16H,5-6,9-13H2,1-4H3,(H2,19,20,21). The molecule has 1 aliphatic rings. The molecule has 2 N–H and O–H groups in total. The molecule has 0 spiro atoms. The van der Waals surface area contributed by atoms with Gasteiger partial charge in [0, 0.05) is 25.9 Å². The van der Waals surface area contributed by atoms with E-state index in [-0.39, 0.29) is 17.8 Å². The molecular weight excluding hydrogens is 352 g/mol. The maximum atomic E-state index is 11.3. The summed E-state index contributed by atoms with van der Waals surface area (Å²) in [6.45, 7) is 6.75. The molecule has 0 saturated carbocycles. The average Bonchev–Trinajstić information content (AvgIpc) is 3.24. The number of furan rings is 1. The Kier molecular flexibility index (Phi) is 7.52. The second kappa shape index (κ2) is 9.41. The van der Waals surface area contributed by atoms with Crippen molar-refractivity contribution in [3.63, 3.8) is 0 Å². The van der Waals surface area contributed by atoms with Crippen molar-refractivity contribution in [2.75, 3.05) is 38.7 Å². The molecule has 8 heteroatoms. The Bertz CT molecular complexity index is 693. The first-order valence-corrected chi connectivity index (χ1v) is 11.3. The molecule has 26 heavy (non-hydrogen) atoms. The molecule has 1 saturated heterocycles. The Hall–Kier alpha value is -1.54. The van der Waals surface area contributed by atoms with Crippen LogP contribution in [0.2, 0.25) is 0 Å². The van der Waals surface area contributed by atoms with E-state index in [0.717, 1.165) is 24.6 Å². The molecule has 7 nitrogen and oxygen atoms in total. The largest absolute Gasteiger partial charge is 0.465 e. The van der Waals surface area contributed by atoms with Gasteiger partial charge in [-0.2, -0.15) is 0 Å². The van der Waals surface area contributed by atoms with Crippen LogP contribution in [-0.4, -0.2) is 64.0 Å². The van der Waals surface area contributed by atoms with Crippen LogP contribution in [0.3, 0.4) is 0 Å². The average molecular weight is 385 g/mol. The minimum atomic E-state index is -2.95. The van der Waals surface area contributed by atoms with Crippen LogP contribution in [0.4, 0.5) is 0 Å². The SMILES string of the molecule is CN=C(NCC(c1ccc(C)o1)N1CCCC1)NC(C)CCS(C)(=O)=O. The van der Waals surface area contributed by atoms with Gasteiger partial charge in [0.25, 0.3) is 0 Å². The maximum absolute atomic E-state index is 11.3. The number of aryl methyl sites for hydroxylation is 1. The number of rotatable bonds is 8. The number of aliphatic imine (C=N–C) groups is 1. The number of sulfone groups is 1. The molecule has 0 amide bonds. The highest BCUT2D eigenvalue weighted by Gasteiger charge is 2.26. The van der Waals surface area contributed by atoms with E-state index in [1.165, 1.54) is 19.1 Å². The number of guanidine groups is 1. The Morgan fingerprint density at radius 3 is 2.58 bits per heavy atom. The van der Waals surface area contributed by atoms with Crippen LogP contribution in [0.15, 0.2) is 21.5 Å². The molecule has 2 unspecified atom stereocenters. The van der Waals surface area contributed by atoms with Gasteiger partial charge in [0.05, 0.1) is 11.8 Å². The molecule has 2 atom stereocenters. The first-order valence-electron chi connectivity index (χ1n) is 9.24. The number of hydrogen-bond donors (Lipinski definition) is 2. The summed E-state index contributed by atoms with van der Waals surface area (Å²) in [7, 11) is -1.23. The van der Waals surface area contributed by atoms with Gasteiger partial charge < -0.3 is 15.1 Å². The number of likely N-dealkylation sites (tertiary alicyclic amines) is 1. The van der Waals surface area contributed by atoms with Crippen molar-refractivity contribution in [2.45, 2.75) is 45.2 Å². The summed E-state index contributed by atoms with van der Waals surface area (Å²) in [6.07, 6.45) is 4.24. The Morgan fingerprint density at radius 2 is 2.04 bits per heavy atom. The first-order chi connectivity index (χ1) is 12.3. The van der Waals surface area contributed by atoms with Crippen molar-refractivity contribution in [1.82, 2.24) is 15.5 Å². The second-order valence-electron chi connectivity index (χ2n) is 7.12. The molecular formula is C18H32N4O3S. The zero-order chi connectivity index (χ0) is 19.2. The van der Waals surface area contributed by atoms with Gasteiger partial charge >= 0.3 is 0 Å². The predicted octanol–water partition coefficient (Wildman–Crippen LogP) is 1.71. The molecule has 1 aromatic heterocycles. The molecule has 0 radical (unpaired) electrons. The quantitative estimate of drug-likeness (QED) is 0.524. The van der Waals surface area contributed by atoms with Gasteiger partial charge in [0.1, 0.15) is 21.4 Å². The summed E-state index contributed by atoms with van der Waals surface area (Å²) in [6, 6.07) is 4.23. The molecule has 1 aliphatic heterocycles. The molecule has 0 bridgehead atoms. The third-order valence-electron chi connectivity index (χ3n) is 4.66. The van der Waals surface area contributed by atoms with Crippen LogP contribution in [0.5, 0.6) is 0 Å². The third-order valence-corrected chi connectivity index (χ3v) is 5.64. The van der Waals surface area contributed by atoms with Gasteiger partial charge in [0.2, 0.25) is 0 Å². The third kappa shape index (κ3) is 6.64. The maximum Gasteiger partial charge on any atom is 0.191 e. The van der Waals surface area contributed by atoms with Crippen LogP contribution in [0.25, 0.3) is 0 Å². The number of hydrogen-bond acceptors (Lipinski definition) is 5. The van der Waals surface area contributed by atoms with Gasteiger partial charge in [-0.1, -0.05) is 0 Å². The predicted molar refractivity (Wildman–Crippen MR) is 105 cm³/mol. The van der Waals surface area contributed by atoms with Crippen molar-refractivity contribution in [3.8, 4) is 0 Å². The summed E-state index contributed by atoms with van der Waals surface area (Å²) in [5.41, 5.74) is 0. The van der Waals surface area contributed by atoms with E-state index in [2.05, 4.69) is 20.5 Å². The first kappa shape index (κ1) is 20.8. The lowest BCUT2D eigenvalue weighted by Gasteiger charge is -2.27. The van der Waals surface area contributed by atoms with Gasteiger partial charge in [-0.15, -0.1) is 0 Å². The lowest BCUT2D eigenvalue weighted by atomic mass is 10.2. The van der Waals surface area contributed by atoms with Gasteiger partial charge in [-0.25, -0.2) is 8.42 Å². The summed E-state index contributed by atoms with van der Waals surface area (Å²) in [4.78, 5) is 6.70. The summed E-state index contributed by atoms with van der Waals surface area (Å²) < 4.78 is 28.5. The fourth-order valence-corrected chi connectivity index (χ4v) is 3.96. The van der Waals surface area contributed by atoms with Crippen molar-refractivity contribution >= 4 is 15.8 Å². The lowest BCUT2D eigenvalue weighted by Crippen LogP contribution is -2.45. The number of nitrogens with zero attached hydrogens (tertiary/aromatic N) is 2. The van der Waals surface area contributed by atoms with E-state index in [1.54, 1.807) is 7.05 Å². The van der Waals surface area contributed by atoms with E-state index in [4.69, 9.17) is 4.42 Å². The summed E-state index contributed by atoms with van der Waals surface area (Å²) in [5, 5.41) is 6.64. The Balaban J connectivity index is 1.93. The molecule has 2 heterocycles. The van der Waals surface area contributed by atoms with E-state index in [9.17, 15) is 8.42 Å². The van der Waals surface area contributed by atoms with Crippen molar-refractivity contribution in [3.05, 3.63) is 23.7 Å². The topological polar surface area (TPSA) is 86.9 Å². The van der Waals surface area contributed by atoms with Crippen LogP contribution in [0.1, 0.15) is 43.7 Å². The van der Waals surface area contributed by atoms with Crippen molar-refractivity contribution in [1.29, 1.82) is 0 Å². The fraction of sp³-hybridized carbons (Fsp3) is 0.722. The fourth-order valence-electron chi connectivity index (χ4n) is 3.18. The van der Waals surface area contributed by atoms with Gasteiger partial charge in [-0.05, 0) is 58.3 Å². The smallest absolute Gasteiger partial charge is 0.191 e. The minimum absolute atomic E-state index is 0.0204. The monoisotopic (exact) mass is 384 g/mol. The van der Waals surface area contributed by atoms with Crippen LogP contribution >= 0.6 is 0 Å². The highest BCUT2D eigenvalue weighted by atomic mass is 32.2. The van der Waals surface area contributed by atoms with Gasteiger partial charge in [-0.3, -0.25) is 9.89 Å². The second-order valence-corrected chi connectivity index (χ2v) is 9.38. The minimum Gasteiger partial charge on any atom is -0.465 e. The van der Waals surface area contributed by atoms with Crippen LogP contribution < -0.4 is 10.6 Å². The van der Waals surface area contributed by atoms with Gasteiger partial charge in [0.15, 0.2) is 5.96 Å². The normalized spacial score (nSPS) is 18.7. The molecule has 0 aromatic carbocycles. The molecule has 1 fully saturated rings. The van der Waals surface area contributed by atoms with Crippen molar-refractivity contribution in [2.24, 2.45) is 4.99 Å². The Morgan fingerprint density at radius 1 is 1.35 bits per heavy atom. The summed E-state index contributed by atoms with van der Waals surface area (Å²) in [5.74, 6) is 2.73. The highest BCUT2D eigenvalue weighted by molar-refractivity contribution is 7.90. The van der Waals surface area contributed by atoms with E-state index in [1.807, 2.05) is 26.0 Å². The molecule has 148 valence electrons. The molecule has 2 rings (SSSR count). The van der Waals surface area contributed by atoms with Crippen LogP contribution in [-0.2, 0) is 9.84 Å². The lowest BCUT2D eigenvalue weighted by molar-refractivity contribution is 0.213. The van der Waals surface area contributed by atoms with Crippen molar-refractivity contribution < 1.29 is 12.8 Å². The Labute approximate surface area is 157 Å². The van der Waals surface area contributed by atoms with E-state index < -0.39 is 9.84 Å². The van der Waals surface area contributed by atoms with Crippen LogP contribution in [0, 0.1) is 6.92 Å². The van der Waals surface area contributed by atoms with E-state index >= 15 is 0 Å². The zero-order valence-electron chi connectivity index (χ0n) is 16.3.